The molecule has 1 aromatic heterocycles. The Bertz CT molecular complexity index is 649. The van der Waals surface area contributed by atoms with Gasteiger partial charge in [-0.2, -0.15) is 5.10 Å². The molecule has 0 bridgehead atoms. The largest absolute Gasteiger partial charge is 0.460 e. The molecular formula is C15H14N2O4. The minimum atomic E-state index is -0.807. The van der Waals surface area contributed by atoms with Crippen molar-refractivity contribution in [2.24, 2.45) is 0 Å². The first kappa shape index (κ1) is 13.4. The van der Waals surface area contributed by atoms with Gasteiger partial charge in [-0.1, -0.05) is 0 Å². The Hall–Kier alpha value is -2.63. The molecule has 1 aliphatic heterocycles. The molecule has 108 valence electrons. The van der Waals surface area contributed by atoms with E-state index in [-0.39, 0.29) is 6.10 Å². The van der Waals surface area contributed by atoms with Crippen LogP contribution in [0.25, 0.3) is 5.69 Å². The first-order valence-corrected chi connectivity index (χ1v) is 6.65. The molecule has 0 radical (unpaired) electrons. The maximum absolute atomic E-state index is 12.0. The summed E-state index contributed by atoms with van der Waals surface area (Å²) >= 11 is 0. The Labute approximate surface area is 121 Å². The molecule has 1 aromatic carbocycles. The number of hydrogen-bond donors (Lipinski definition) is 0. The van der Waals surface area contributed by atoms with Crippen LogP contribution in [0.1, 0.15) is 23.7 Å². The van der Waals surface area contributed by atoms with Crippen LogP contribution in [-0.2, 0) is 14.3 Å². The summed E-state index contributed by atoms with van der Waals surface area (Å²) in [5.41, 5.74) is 1.23. The van der Waals surface area contributed by atoms with E-state index < -0.39 is 18.0 Å². The van der Waals surface area contributed by atoms with E-state index >= 15 is 0 Å². The minimum absolute atomic E-state index is 0.211. The Morgan fingerprint density at radius 1 is 1.38 bits per heavy atom. The monoisotopic (exact) mass is 286 g/mol. The first-order valence-electron chi connectivity index (χ1n) is 6.65. The van der Waals surface area contributed by atoms with E-state index in [0.717, 1.165) is 5.69 Å². The summed E-state index contributed by atoms with van der Waals surface area (Å²) in [5.74, 6) is -1.01. The first-order chi connectivity index (χ1) is 10.1. The average molecular weight is 286 g/mol. The van der Waals surface area contributed by atoms with Gasteiger partial charge in [-0.05, 0) is 37.3 Å². The fourth-order valence-electron chi connectivity index (χ4n) is 2.19. The van der Waals surface area contributed by atoms with E-state index in [4.69, 9.17) is 9.47 Å². The van der Waals surface area contributed by atoms with E-state index in [2.05, 4.69) is 5.10 Å². The normalized spacial score (nSPS) is 21.1. The number of ether oxygens (including phenoxy) is 2. The summed E-state index contributed by atoms with van der Waals surface area (Å²) < 4.78 is 11.8. The molecule has 6 heteroatoms. The van der Waals surface area contributed by atoms with Gasteiger partial charge in [0, 0.05) is 18.8 Å². The van der Waals surface area contributed by atoms with Crippen molar-refractivity contribution in [2.45, 2.75) is 25.6 Å². The maximum Gasteiger partial charge on any atom is 0.347 e. The third-order valence-corrected chi connectivity index (χ3v) is 3.25. The van der Waals surface area contributed by atoms with Gasteiger partial charge in [0.15, 0.2) is 0 Å². The molecule has 0 spiro atoms. The summed E-state index contributed by atoms with van der Waals surface area (Å²) in [6.45, 7) is 1.77. The lowest BCUT2D eigenvalue weighted by Crippen LogP contribution is -2.22. The quantitative estimate of drug-likeness (QED) is 0.804. The molecule has 6 nitrogen and oxygen atoms in total. The fourth-order valence-corrected chi connectivity index (χ4v) is 2.19. The Balaban J connectivity index is 1.69. The fraction of sp³-hybridized carbons (Fsp3) is 0.267. The van der Waals surface area contributed by atoms with Crippen molar-refractivity contribution in [3.63, 3.8) is 0 Å². The highest BCUT2D eigenvalue weighted by molar-refractivity contribution is 5.92. The minimum Gasteiger partial charge on any atom is -0.460 e. The molecule has 1 aliphatic rings. The smallest absolute Gasteiger partial charge is 0.347 e. The van der Waals surface area contributed by atoms with Gasteiger partial charge in [-0.3, -0.25) is 0 Å². The molecule has 21 heavy (non-hydrogen) atoms. The Morgan fingerprint density at radius 2 is 2.14 bits per heavy atom. The summed E-state index contributed by atoms with van der Waals surface area (Å²) in [7, 11) is 0. The zero-order valence-corrected chi connectivity index (χ0v) is 11.4. The lowest BCUT2D eigenvalue weighted by Gasteiger charge is -2.08. The molecule has 0 aliphatic carbocycles. The zero-order valence-electron chi connectivity index (χ0n) is 11.4. The van der Waals surface area contributed by atoms with Crippen LogP contribution in [0.15, 0.2) is 42.7 Å². The zero-order chi connectivity index (χ0) is 14.8. The Kier molecular flexibility index (Phi) is 3.43. The molecule has 0 N–H and O–H groups in total. The van der Waals surface area contributed by atoms with Gasteiger partial charge < -0.3 is 9.47 Å². The van der Waals surface area contributed by atoms with Crippen LogP contribution in [0.2, 0.25) is 0 Å². The molecule has 0 amide bonds. The van der Waals surface area contributed by atoms with Crippen LogP contribution in [-0.4, -0.2) is 33.9 Å². The number of nitrogens with zero attached hydrogens (tertiary/aromatic N) is 2. The van der Waals surface area contributed by atoms with Crippen LogP contribution < -0.4 is 0 Å². The summed E-state index contributed by atoms with van der Waals surface area (Å²) in [4.78, 5) is 23.4. The maximum atomic E-state index is 12.0. The van der Waals surface area contributed by atoms with Gasteiger partial charge in [-0.15, -0.1) is 0 Å². The number of carbonyl (C=O) groups excluding carboxylic acids is 2. The highest BCUT2D eigenvalue weighted by Crippen LogP contribution is 2.19. The van der Waals surface area contributed by atoms with E-state index in [1.165, 1.54) is 0 Å². The topological polar surface area (TPSA) is 70.4 Å². The predicted molar refractivity (Wildman–Crippen MR) is 72.9 cm³/mol. The lowest BCUT2D eigenvalue weighted by molar-refractivity contribution is -0.147. The molecule has 3 rings (SSSR count). The lowest BCUT2D eigenvalue weighted by atomic mass is 10.2. The van der Waals surface area contributed by atoms with Crippen LogP contribution in [0, 0.1) is 0 Å². The van der Waals surface area contributed by atoms with Crippen molar-refractivity contribution in [3.05, 3.63) is 48.3 Å². The van der Waals surface area contributed by atoms with Gasteiger partial charge in [0.25, 0.3) is 0 Å². The molecule has 1 saturated heterocycles. The Morgan fingerprint density at radius 3 is 2.71 bits per heavy atom. The molecule has 2 atom stereocenters. The SMILES string of the molecule is C[C@@H]1C[C@H](OC(=O)c2ccc(-n3cccn3)cc2)C(=O)O1. The summed E-state index contributed by atoms with van der Waals surface area (Å²) in [6, 6.07) is 8.62. The van der Waals surface area contributed by atoms with Crippen LogP contribution in [0.3, 0.4) is 0 Å². The molecule has 2 aromatic rings. The van der Waals surface area contributed by atoms with Crippen LogP contribution in [0.4, 0.5) is 0 Å². The number of cyclic esters (lactones) is 1. The second kappa shape index (κ2) is 5.40. The summed E-state index contributed by atoms with van der Waals surface area (Å²) in [6.07, 6.45) is 2.87. The third kappa shape index (κ3) is 2.79. The standard InChI is InChI=1S/C15H14N2O4/c1-10-9-13(15(19)20-10)21-14(18)11-3-5-12(6-4-11)17-8-2-7-16-17/h2-8,10,13H,9H2,1H3/t10-,13+/m1/s1. The number of benzene rings is 1. The van der Waals surface area contributed by atoms with Gasteiger partial charge in [0.05, 0.1) is 11.3 Å². The van der Waals surface area contributed by atoms with Crippen molar-refractivity contribution in [1.82, 2.24) is 9.78 Å². The van der Waals surface area contributed by atoms with Gasteiger partial charge in [0.2, 0.25) is 6.10 Å². The van der Waals surface area contributed by atoms with E-state index in [1.807, 2.05) is 12.3 Å². The second-order valence-corrected chi connectivity index (χ2v) is 4.87. The van der Waals surface area contributed by atoms with E-state index in [0.29, 0.717) is 12.0 Å². The molecule has 0 unspecified atom stereocenters. The summed E-state index contributed by atoms with van der Waals surface area (Å²) in [5, 5.41) is 4.10. The molecule has 1 fully saturated rings. The van der Waals surface area contributed by atoms with Crippen molar-refractivity contribution >= 4 is 11.9 Å². The highest BCUT2D eigenvalue weighted by Gasteiger charge is 2.35. The number of rotatable bonds is 3. The van der Waals surface area contributed by atoms with Crippen LogP contribution in [0.5, 0.6) is 0 Å². The van der Waals surface area contributed by atoms with Crippen molar-refractivity contribution in [3.8, 4) is 5.69 Å². The van der Waals surface area contributed by atoms with E-state index in [9.17, 15) is 9.59 Å². The average Bonchev–Trinajstić information content (AvgIpc) is 3.10. The van der Waals surface area contributed by atoms with Crippen molar-refractivity contribution in [1.29, 1.82) is 0 Å². The van der Waals surface area contributed by atoms with E-state index in [1.54, 1.807) is 42.1 Å². The van der Waals surface area contributed by atoms with Crippen molar-refractivity contribution < 1.29 is 19.1 Å². The highest BCUT2D eigenvalue weighted by atomic mass is 16.6. The molecule has 0 saturated carbocycles. The second-order valence-electron chi connectivity index (χ2n) is 4.87. The predicted octanol–water partition coefficient (Wildman–Crippen LogP) is 1.73. The number of hydrogen-bond acceptors (Lipinski definition) is 5. The van der Waals surface area contributed by atoms with Crippen molar-refractivity contribution in [2.75, 3.05) is 0 Å². The van der Waals surface area contributed by atoms with Gasteiger partial charge >= 0.3 is 11.9 Å². The van der Waals surface area contributed by atoms with Gasteiger partial charge in [-0.25, -0.2) is 14.3 Å². The number of esters is 2. The van der Waals surface area contributed by atoms with Crippen LogP contribution >= 0.6 is 0 Å². The third-order valence-electron chi connectivity index (χ3n) is 3.25. The number of carbonyl (C=O) groups is 2. The van der Waals surface area contributed by atoms with Gasteiger partial charge in [0.1, 0.15) is 6.10 Å². The number of aromatic nitrogens is 2. The molecular weight excluding hydrogens is 272 g/mol. The molecule has 2 heterocycles.